The number of hydrogen-bond acceptors (Lipinski definition) is 7. The van der Waals surface area contributed by atoms with Gasteiger partial charge in [-0.25, -0.2) is 18.9 Å². The Hall–Kier alpha value is -5.41. The molecule has 0 radical (unpaired) electrons. The van der Waals surface area contributed by atoms with Crippen LogP contribution in [-0.4, -0.2) is 51.7 Å². The Morgan fingerprint density at radius 1 is 0.889 bits per heavy atom. The lowest BCUT2D eigenvalue weighted by Gasteiger charge is -2.35. The first-order valence-electron chi connectivity index (χ1n) is 17.5. The molecule has 7 rings (SSSR count). The molecule has 3 aromatic carbocycles. The Balaban J connectivity index is 1.16. The van der Waals surface area contributed by atoms with Gasteiger partial charge in [-0.3, -0.25) is 23.3 Å². The summed E-state index contributed by atoms with van der Waals surface area (Å²) in [6.07, 6.45) is 0.135. The van der Waals surface area contributed by atoms with Crippen LogP contribution in [0.4, 0.5) is 13.2 Å². The molecule has 0 spiro atoms. The van der Waals surface area contributed by atoms with Crippen LogP contribution in [0.2, 0.25) is 0 Å². The number of nitrogens with zero attached hydrogens (tertiary/aromatic N) is 6. The molecular formula is C39H37F3N6O5S. The molecule has 4 heterocycles. The van der Waals surface area contributed by atoms with Gasteiger partial charge >= 0.3 is 17.8 Å². The maximum absolute atomic E-state index is 14.0. The molecule has 0 aliphatic carbocycles. The fourth-order valence-electron chi connectivity index (χ4n) is 7.23. The minimum Gasteiger partial charge on any atom is -0.480 e. The van der Waals surface area contributed by atoms with Crippen molar-refractivity contribution >= 4 is 39.9 Å². The first-order chi connectivity index (χ1) is 25.8. The van der Waals surface area contributed by atoms with E-state index in [4.69, 9.17) is 0 Å². The average Bonchev–Trinajstić information content (AvgIpc) is 3.58. The molecule has 0 amide bonds. The van der Waals surface area contributed by atoms with Gasteiger partial charge in [-0.2, -0.15) is 13.2 Å². The van der Waals surface area contributed by atoms with Gasteiger partial charge in [0.1, 0.15) is 11.1 Å². The predicted octanol–water partition coefficient (Wildman–Crippen LogP) is 6.23. The van der Waals surface area contributed by atoms with Gasteiger partial charge < -0.3 is 9.67 Å². The monoisotopic (exact) mass is 758 g/mol. The third-order valence-electron chi connectivity index (χ3n) is 9.99. The fraction of sp³-hybridized carbons (Fsp3) is 0.308. The quantitative estimate of drug-likeness (QED) is 0.122. The van der Waals surface area contributed by atoms with E-state index in [9.17, 15) is 37.5 Å². The van der Waals surface area contributed by atoms with E-state index in [0.717, 1.165) is 52.3 Å². The van der Waals surface area contributed by atoms with E-state index in [1.165, 1.54) is 40.3 Å². The number of halogens is 3. The molecule has 1 atom stereocenters. The standard InChI is InChI=1S/C39H37F3N6O5S/c1-44-34-33(35(50)45(2)38(44)53)46(23-43-34)17-7-3-4-8-18-47-22-30(37(51)52)48-31(49)21-27(19-25-13-9-12-24-11-5-6-16-29(24)25)32(36(48)54-47)26-14-10-15-28(20-26)39(40,41)42/h5-6,9-16,20-21,23,30H,3-4,7-8,17-19,22H2,1-2H3,(H,51,52). The van der Waals surface area contributed by atoms with Crippen LogP contribution in [0.3, 0.4) is 0 Å². The van der Waals surface area contributed by atoms with Gasteiger partial charge in [0.05, 0.1) is 11.9 Å². The molecule has 0 saturated heterocycles. The van der Waals surface area contributed by atoms with Crippen molar-refractivity contribution in [2.45, 2.75) is 55.9 Å². The van der Waals surface area contributed by atoms with E-state index in [1.807, 2.05) is 46.8 Å². The number of carboxylic acid groups (broad SMARTS) is 1. The van der Waals surface area contributed by atoms with E-state index in [0.29, 0.717) is 46.8 Å². The lowest BCUT2D eigenvalue weighted by atomic mass is 9.93. The minimum absolute atomic E-state index is 0.0284. The second-order valence-electron chi connectivity index (χ2n) is 13.5. The van der Waals surface area contributed by atoms with Crippen molar-refractivity contribution in [2.75, 3.05) is 13.1 Å². The number of alkyl halides is 3. The first-order valence-corrected chi connectivity index (χ1v) is 18.3. The van der Waals surface area contributed by atoms with Gasteiger partial charge in [0, 0.05) is 45.4 Å². The second-order valence-corrected chi connectivity index (χ2v) is 14.6. The summed E-state index contributed by atoms with van der Waals surface area (Å²) in [5.41, 5.74) is 0.457. The third kappa shape index (κ3) is 7.00. The zero-order chi connectivity index (χ0) is 38.3. The van der Waals surface area contributed by atoms with Crippen LogP contribution >= 0.6 is 11.9 Å². The predicted molar refractivity (Wildman–Crippen MR) is 201 cm³/mol. The number of rotatable bonds is 11. The summed E-state index contributed by atoms with van der Waals surface area (Å²) in [7, 11) is 3.00. The molecule has 1 N–H and O–H groups in total. The van der Waals surface area contributed by atoms with Gasteiger partial charge in [0.15, 0.2) is 11.2 Å². The molecular weight excluding hydrogens is 722 g/mol. The molecule has 280 valence electrons. The van der Waals surface area contributed by atoms with Crippen molar-refractivity contribution in [3.05, 3.63) is 127 Å². The van der Waals surface area contributed by atoms with Crippen LogP contribution in [0.15, 0.2) is 98.5 Å². The number of pyridine rings is 1. The number of carbonyl (C=O) groups is 1. The topological polar surface area (TPSA) is 124 Å². The molecule has 0 bridgehead atoms. The number of aromatic nitrogens is 5. The van der Waals surface area contributed by atoms with Crippen molar-refractivity contribution in [3.8, 4) is 11.1 Å². The molecule has 54 heavy (non-hydrogen) atoms. The van der Waals surface area contributed by atoms with Crippen molar-refractivity contribution in [3.63, 3.8) is 0 Å². The summed E-state index contributed by atoms with van der Waals surface area (Å²) in [6.45, 7) is 1.01. The third-order valence-corrected chi connectivity index (χ3v) is 11.2. The Labute approximate surface area is 311 Å². The van der Waals surface area contributed by atoms with Crippen LogP contribution in [0.1, 0.15) is 48.4 Å². The Kier molecular flexibility index (Phi) is 10.1. The van der Waals surface area contributed by atoms with E-state index < -0.39 is 40.6 Å². The molecule has 0 fully saturated rings. The number of aliphatic carboxylic acids is 1. The molecule has 15 heteroatoms. The van der Waals surface area contributed by atoms with Gasteiger partial charge in [0.25, 0.3) is 11.1 Å². The zero-order valence-corrected chi connectivity index (χ0v) is 30.4. The lowest BCUT2D eigenvalue weighted by Crippen LogP contribution is -2.42. The maximum Gasteiger partial charge on any atom is 0.416 e. The SMILES string of the molecule is Cn1c(=O)c2c(ncn2CCCCCCN2CC(C(=O)O)n3c(c(-c4cccc(C(F)(F)F)c4)c(Cc4cccc5ccccc45)cc3=O)S2)n(C)c1=O. The number of carboxylic acids is 1. The maximum atomic E-state index is 14.0. The lowest BCUT2D eigenvalue weighted by molar-refractivity contribution is -0.141. The van der Waals surface area contributed by atoms with E-state index in [2.05, 4.69) is 4.98 Å². The number of imidazole rings is 1. The van der Waals surface area contributed by atoms with Crippen LogP contribution < -0.4 is 16.8 Å². The summed E-state index contributed by atoms with van der Waals surface area (Å²) >= 11 is 1.20. The van der Waals surface area contributed by atoms with Crippen LogP contribution in [-0.2, 0) is 38.0 Å². The normalized spacial score (nSPS) is 14.9. The Morgan fingerprint density at radius 3 is 2.37 bits per heavy atom. The fourth-order valence-corrected chi connectivity index (χ4v) is 8.56. The number of unbranched alkanes of at least 4 members (excludes halogenated alkanes) is 3. The Bertz CT molecular complexity index is 2590. The summed E-state index contributed by atoms with van der Waals surface area (Å²) in [5.74, 6) is -1.21. The van der Waals surface area contributed by atoms with E-state index in [-0.39, 0.29) is 18.5 Å². The van der Waals surface area contributed by atoms with Crippen LogP contribution in [0, 0.1) is 0 Å². The highest BCUT2D eigenvalue weighted by Gasteiger charge is 2.36. The van der Waals surface area contributed by atoms with Gasteiger partial charge in [-0.1, -0.05) is 67.4 Å². The molecule has 1 aliphatic heterocycles. The van der Waals surface area contributed by atoms with Crippen LogP contribution in [0.25, 0.3) is 33.1 Å². The summed E-state index contributed by atoms with van der Waals surface area (Å²) in [4.78, 5) is 55.8. The first kappa shape index (κ1) is 36.9. The highest BCUT2D eigenvalue weighted by molar-refractivity contribution is 7.97. The Morgan fingerprint density at radius 2 is 1.61 bits per heavy atom. The van der Waals surface area contributed by atoms with Crippen molar-refractivity contribution in [1.82, 2.24) is 27.6 Å². The smallest absolute Gasteiger partial charge is 0.416 e. The molecule has 1 aliphatic rings. The molecule has 3 aromatic heterocycles. The zero-order valence-electron chi connectivity index (χ0n) is 29.5. The van der Waals surface area contributed by atoms with Gasteiger partial charge in [0.2, 0.25) is 0 Å². The summed E-state index contributed by atoms with van der Waals surface area (Å²) in [5, 5.41) is 12.6. The highest BCUT2D eigenvalue weighted by Crippen LogP contribution is 2.42. The van der Waals surface area contributed by atoms with E-state index >= 15 is 0 Å². The summed E-state index contributed by atoms with van der Waals surface area (Å²) < 4.78 is 49.2. The van der Waals surface area contributed by atoms with Crippen molar-refractivity contribution < 1.29 is 23.1 Å². The molecule has 0 saturated carbocycles. The largest absolute Gasteiger partial charge is 0.480 e. The number of fused-ring (bicyclic) bond motifs is 3. The molecule has 11 nitrogen and oxygen atoms in total. The average molecular weight is 759 g/mol. The van der Waals surface area contributed by atoms with Gasteiger partial charge in [-0.05, 0) is 70.8 Å². The number of benzene rings is 3. The summed E-state index contributed by atoms with van der Waals surface area (Å²) in [6, 6.07) is 18.6. The second kappa shape index (κ2) is 14.8. The van der Waals surface area contributed by atoms with E-state index in [1.54, 1.807) is 24.0 Å². The number of aryl methyl sites for hydroxylation is 2. The van der Waals surface area contributed by atoms with Crippen LogP contribution in [0.5, 0.6) is 0 Å². The highest BCUT2D eigenvalue weighted by atomic mass is 32.2. The number of hydrogen-bond donors (Lipinski definition) is 1. The molecule has 6 aromatic rings. The minimum atomic E-state index is -4.61. The van der Waals surface area contributed by atoms with Crippen molar-refractivity contribution in [1.29, 1.82) is 0 Å². The van der Waals surface area contributed by atoms with Gasteiger partial charge in [-0.15, -0.1) is 0 Å². The molecule has 1 unspecified atom stereocenters. The van der Waals surface area contributed by atoms with Crippen molar-refractivity contribution in [2.24, 2.45) is 14.1 Å².